The van der Waals surface area contributed by atoms with Crippen LogP contribution < -0.4 is 10.1 Å². The molecule has 0 saturated carbocycles. The summed E-state index contributed by atoms with van der Waals surface area (Å²) in [5.41, 5.74) is 4.23. The van der Waals surface area contributed by atoms with E-state index in [-0.39, 0.29) is 11.9 Å². The molecule has 5 rings (SSSR count). The van der Waals surface area contributed by atoms with E-state index in [0.29, 0.717) is 18.1 Å². The Morgan fingerprint density at radius 1 is 1.06 bits per heavy atom. The molecular formula is C25H25FN6O. The van der Waals surface area contributed by atoms with Crippen LogP contribution in [0.25, 0.3) is 22.0 Å². The van der Waals surface area contributed by atoms with Gasteiger partial charge < -0.3 is 15.0 Å². The summed E-state index contributed by atoms with van der Waals surface area (Å²) >= 11 is 0. The standard InChI is InChI=1S/C25H25FN6O/c1-16-3-8-20(31-30-16)13-27-25-22-11-18(17-4-6-19(26)7-5-17)12-23(24(22)28-15-29-25)33-21-9-10-32(2)14-21/h3-8,11-12,15,21H,9-10,13-14H2,1-2H3,(H,27,28,29). The molecule has 2 aromatic heterocycles. The summed E-state index contributed by atoms with van der Waals surface area (Å²) in [5.74, 6) is 1.11. The minimum absolute atomic E-state index is 0.0934. The van der Waals surface area contributed by atoms with Crippen molar-refractivity contribution in [2.45, 2.75) is 26.0 Å². The van der Waals surface area contributed by atoms with E-state index >= 15 is 0 Å². The van der Waals surface area contributed by atoms with Crippen molar-refractivity contribution in [2.75, 3.05) is 25.5 Å². The molecule has 4 aromatic rings. The molecule has 1 aliphatic heterocycles. The zero-order valence-corrected chi connectivity index (χ0v) is 18.6. The highest BCUT2D eigenvalue weighted by Crippen LogP contribution is 2.35. The van der Waals surface area contributed by atoms with Crippen molar-refractivity contribution in [3.63, 3.8) is 0 Å². The van der Waals surface area contributed by atoms with E-state index < -0.39 is 0 Å². The van der Waals surface area contributed by atoms with Crippen LogP contribution in [0.2, 0.25) is 0 Å². The Morgan fingerprint density at radius 3 is 2.64 bits per heavy atom. The van der Waals surface area contributed by atoms with E-state index in [9.17, 15) is 4.39 Å². The molecule has 1 atom stereocenters. The molecule has 8 heteroatoms. The average Bonchev–Trinajstić information content (AvgIpc) is 3.23. The van der Waals surface area contributed by atoms with Gasteiger partial charge in [0.15, 0.2) is 0 Å². The molecule has 0 aliphatic carbocycles. The van der Waals surface area contributed by atoms with E-state index in [1.54, 1.807) is 12.1 Å². The molecule has 2 aromatic carbocycles. The van der Waals surface area contributed by atoms with E-state index in [2.05, 4.69) is 37.4 Å². The average molecular weight is 445 g/mol. The first-order chi connectivity index (χ1) is 16.0. The first kappa shape index (κ1) is 21.2. The number of halogens is 1. The van der Waals surface area contributed by atoms with Crippen LogP contribution in [0.3, 0.4) is 0 Å². The van der Waals surface area contributed by atoms with Gasteiger partial charge >= 0.3 is 0 Å². The van der Waals surface area contributed by atoms with Crippen molar-refractivity contribution in [2.24, 2.45) is 0 Å². The first-order valence-corrected chi connectivity index (χ1v) is 11.0. The Bertz CT molecular complexity index is 1260. The van der Waals surface area contributed by atoms with Gasteiger partial charge in [0.05, 0.1) is 17.9 Å². The molecule has 1 fully saturated rings. The fourth-order valence-corrected chi connectivity index (χ4v) is 4.04. The number of ether oxygens (including phenoxy) is 1. The number of aromatic nitrogens is 4. The van der Waals surface area contributed by atoms with Crippen molar-refractivity contribution in [1.82, 2.24) is 25.1 Å². The van der Waals surface area contributed by atoms with Crippen molar-refractivity contribution in [1.29, 1.82) is 0 Å². The van der Waals surface area contributed by atoms with Gasteiger partial charge in [0.2, 0.25) is 0 Å². The van der Waals surface area contributed by atoms with Crippen LogP contribution in [-0.2, 0) is 6.54 Å². The maximum absolute atomic E-state index is 13.5. The van der Waals surface area contributed by atoms with Gasteiger partial charge in [-0.1, -0.05) is 12.1 Å². The lowest BCUT2D eigenvalue weighted by Gasteiger charge is -2.18. The molecule has 0 amide bonds. The van der Waals surface area contributed by atoms with E-state index in [1.807, 2.05) is 31.2 Å². The molecule has 1 N–H and O–H groups in total. The molecule has 33 heavy (non-hydrogen) atoms. The Kier molecular flexibility index (Phi) is 5.83. The smallest absolute Gasteiger partial charge is 0.146 e. The second-order valence-electron chi connectivity index (χ2n) is 8.41. The topological polar surface area (TPSA) is 76.1 Å². The molecule has 1 unspecified atom stereocenters. The van der Waals surface area contributed by atoms with Crippen LogP contribution >= 0.6 is 0 Å². The summed E-state index contributed by atoms with van der Waals surface area (Å²) in [4.78, 5) is 11.3. The van der Waals surface area contributed by atoms with Crippen molar-refractivity contribution in [3.8, 4) is 16.9 Å². The summed E-state index contributed by atoms with van der Waals surface area (Å²) in [5, 5.41) is 12.5. The lowest BCUT2D eigenvalue weighted by atomic mass is 10.0. The van der Waals surface area contributed by atoms with Gasteiger partial charge in [-0.2, -0.15) is 10.2 Å². The number of likely N-dealkylation sites (tertiary alicyclic amines) is 1. The summed E-state index contributed by atoms with van der Waals surface area (Å²) < 4.78 is 19.9. The molecule has 1 saturated heterocycles. The normalized spacial score (nSPS) is 16.3. The van der Waals surface area contributed by atoms with Crippen LogP contribution in [0.4, 0.5) is 10.2 Å². The van der Waals surface area contributed by atoms with Crippen molar-refractivity contribution >= 4 is 16.7 Å². The van der Waals surface area contributed by atoms with Gasteiger partial charge in [-0.05, 0) is 67.9 Å². The predicted octanol–water partition coefficient (Wildman–Crippen LogP) is 4.23. The molecule has 0 bridgehead atoms. The van der Waals surface area contributed by atoms with Crippen LogP contribution in [0.5, 0.6) is 5.75 Å². The number of nitrogens with one attached hydrogen (secondary N) is 1. The van der Waals surface area contributed by atoms with E-state index in [1.165, 1.54) is 18.5 Å². The number of benzene rings is 2. The third-order valence-electron chi connectivity index (χ3n) is 5.81. The van der Waals surface area contributed by atoms with Gasteiger partial charge in [0, 0.05) is 18.5 Å². The molecule has 3 heterocycles. The fourth-order valence-electron chi connectivity index (χ4n) is 4.04. The van der Waals surface area contributed by atoms with Crippen molar-refractivity contribution in [3.05, 3.63) is 72.1 Å². The molecular weight excluding hydrogens is 419 g/mol. The number of hydrogen-bond donors (Lipinski definition) is 1. The third-order valence-corrected chi connectivity index (χ3v) is 5.81. The lowest BCUT2D eigenvalue weighted by molar-refractivity contribution is 0.210. The molecule has 1 aliphatic rings. The van der Waals surface area contributed by atoms with Crippen LogP contribution in [-0.4, -0.2) is 51.3 Å². The number of hydrogen-bond acceptors (Lipinski definition) is 7. The second-order valence-corrected chi connectivity index (χ2v) is 8.41. The largest absolute Gasteiger partial charge is 0.487 e. The van der Waals surface area contributed by atoms with Gasteiger partial charge in [-0.15, -0.1) is 0 Å². The van der Waals surface area contributed by atoms with Crippen LogP contribution in [0, 0.1) is 12.7 Å². The highest BCUT2D eigenvalue weighted by atomic mass is 19.1. The Morgan fingerprint density at radius 2 is 1.91 bits per heavy atom. The summed E-state index contributed by atoms with van der Waals surface area (Å²) in [6, 6.07) is 14.3. The zero-order chi connectivity index (χ0) is 22.8. The minimum atomic E-state index is -0.269. The van der Waals surface area contributed by atoms with Gasteiger partial charge in [-0.3, -0.25) is 0 Å². The first-order valence-electron chi connectivity index (χ1n) is 11.0. The van der Waals surface area contributed by atoms with Crippen LogP contribution in [0.15, 0.2) is 54.9 Å². The van der Waals surface area contributed by atoms with Gasteiger partial charge in [0.25, 0.3) is 0 Å². The minimum Gasteiger partial charge on any atom is -0.487 e. The zero-order valence-electron chi connectivity index (χ0n) is 18.6. The quantitative estimate of drug-likeness (QED) is 0.477. The lowest BCUT2D eigenvalue weighted by Crippen LogP contribution is -2.21. The molecule has 0 radical (unpaired) electrons. The van der Waals surface area contributed by atoms with E-state index in [0.717, 1.165) is 52.9 Å². The highest BCUT2D eigenvalue weighted by Gasteiger charge is 2.23. The molecule has 7 nitrogen and oxygen atoms in total. The summed E-state index contributed by atoms with van der Waals surface area (Å²) in [7, 11) is 2.09. The number of rotatable bonds is 6. The Hall–Kier alpha value is -3.65. The van der Waals surface area contributed by atoms with Gasteiger partial charge in [0.1, 0.15) is 35.3 Å². The number of aryl methyl sites for hydroxylation is 1. The maximum Gasteiger partial charge on any atom is 0.146 e. The molecule has 168 valence electrons. The third kappa shape index (κ3) is 4.75. The summed E-state index contributed by atoms with van der Waals surface area (Å²) in [6.07, 6.45) is 2.59. The number of fused-ring (bicyclic) bond motifs is 1. The monoisotopic (exact) mass is 444 g/mol. The molecule has 0 spiro atoms. The fraction of sp³-hybridized carbons (Fsp3) is 0.280. The number of likely N-dealkylation sites (N-methyl/N-ethyl adjacent to an activating group) is 1. The summed E-state index contributed by atoms with van der Waals surface area (Å²) in [6.45, 7) is 4.25. The van der Waals surface area contributed by atoms with Crippen LogP contribution in [0.1, 0.15) is 17.8 Å². The maximum atomic E-state index is 13.5. The predicted molar refractivity (Wildman–Crippen MR) is 126 cm³/mol. The Balaban J connectivity index is 1.54. The Labute approximate surface area is 191 Å². The second kappa shape index (κ2) is 9.07. The SMILES string of the molecule is Cc1ccc(CNc2ncnc3c(OC4CCN(C)C4)cc(-c4ccc(F)cc4)cc23)nn1. The van der Waals surface area contributed by atoms with Crippen molar-refractivity contribution < 1.29 is 9.13 Å². The number of nitrogens with zero attached hydrogens (tertiary/aromatic N) is 5. The number of anilines is 1. The van der Waals surface area contributed by atoms with E-state index in [4.69, 9.17) is 4.74 Å². The highest BCUT2D eigenvalue weighted by molar-refractivity contribution is 5.96. The van der Waals surface area contributed by atoms with Gasteiger partial charge in [-0.25, -0.2) is 14.4 Å².